The van der Waals surface area contributed by atoms with Crippen LogP contribution >= 0.6 is 12.2 Å². The van der Waals surface area contributed by atoms with E-state index in [1.165, 1.54) is 23.3 Å². The highest BCUT2D eigenvalue weighted by molar-refractivity contribution is 7.89. The number of benzene rings is 1. The van der Waals surface area contributed by atoms with E-state index in [1.54, 1.807) is 24.3 Å². The van der Waals surface area contributed by atoms with E-state index in [0.717, 1.165) is 45.0 Å². The summed E-state index contributed by atoms with van der Waals surface area (Å²) in [6.45, 7) is 7.27. The Kier molecular flexibility index (Phi) is 8.11. The van der Waals surface area contributed by atoms with Crippen LogP contribution in [0.4, 0.5) is 0 Å². The fourth-order valence-corrected chi connectivity index (χ4v) is 3.63. The summed E-state index contributed by atoms with van der Waals surface area (Å²) < 4.78 is 30.7. The van der Waals surface area contributed by atoms with E-state index in [-0.39, 0.29) is 4.90 Å². The first-order chi connectivity index (χ1) is 12.8. The number of nitrogens with zero attached hydrogens (tertiary/aromatic N) is 2. The largest absolute Gasteiger partial charge is 0.370 e. The number of ether oxygens (including phenoxy) is 1. The van der Waals surface area contributed by atoms with E-state index in [0.29, 0.717) is 10.8 Å². The number of sulfonamides is 1. The third-order valence-corrected chi connectivity index (χ3v) is 6.40. The molecule has 1 aromatic rings. The summed E-state index contributed by atoms with van der Waals surface area (Å²) in [5.41, 5.74) is 4.36. The van der Waals surface area contributed by atoms with Crippen molar-refractivity contribution < 1.29 is 18.1 Å². The molecule has 0 amide bonds. The third-order valence-electron chi connectivity index (χ3n) is 4.34. The summed E-state index contributed by atoms with van der Waals surface area (Å²) in [4.78, 5) is 1.75. The zero-order valence-corrected chi connectivity index (χ0v) is 17.6. The molecule has 10 heteroatoms. The van der Waals surface area contributed by atoms with Crippen molar-refractivity contribution in [3.05, 3.63) is 29.8 Å². The number of hydrazone groups is 1. The third kappa shape index (κ3) is 6.51. The molecule has 8 nitrogen and oxygen atoms in total. The van der Waals surface area contributed by atoms with Crippen LogP contribution in [0, 0.1) is 0 Å². The SMILES string of the molecule is C/C(=N/NC(=S)NCC[NH+]1CCOCC1)c1ccc(S(=O)(=O)N(C)C)cc1. The Hall–Kier alpha value is -1.59. The van der Waals surface area contributed by atoms with Crippen LogP contribution in [0.5, 0.6) is 0 Å². The molecule has 1 aromatic carbocycles. The van der Waals surface area contributed by atoms with Crippen molar-refractivity contribution in [2.75, 3.05) is 53.5 Å². The van der Waals surface area contributed by atoms with E-state index in [2.05, 4.69) is 15.8 Å². The summed E-state index contributed by atoms with van der Waals surface area (Å²) in [7, 11) is -0.411. The lowest BCUT2D eigenvalue weighted by atomic mass is 10.1. The highest BCUT2D eigenvalue weighted by atomic mass is 32.2. The Morgan fingerprint density at radius 3 is 2.48 bits per heavy atom. The van der Waals surface area contributed by atoms with Crippen LogP contribution in [-0.4, -0.2) is 77.0 Å². The number of quaternary nitrogens is 1. The van der Waals surface area contributed by atoms with Crippen molar-refractivity contribution in [1.29, 1.82) is 0 Å². The Morgan fingerprint density at radius 1 is 1.26 bits per heavy atom. The molecule has 0 atom stereocenters. The van der Waals surface area contributed by atoms with Gasteiger partial charge in [0.15, 0.2) is 5.11 Å². The molecule has 2 rings (SSSR count). The van der Waals surface area contributed by atoms with Crippen molar-refractivity contribution in [2.45, 2.75) is 11.8 Å². The first-order valence-corrected chi connectivity index (χ1v) is 10.7. The summed E-state index contributed by atoms with van der Waals surface area (Å²) >= 11 is 5.24. The average Bonchev–Trinajstić information content (AvgIpc) is 2.67. The Labute approximate surface area is 166 Å². The molecule has 0 bridgehead atoms. The van der Waals surface area contributed by atoms with Gasteiger partial charge in [0.05, 0.1) is 36.9 Å². The zero-order valence-electron chi connectivity index (χ0n) is 16.0. The Bertz CT molecular complexity index is 757. The molecule has 27 heavy (non-hydrogen) atoms. The number of thiocarbonyl (C=S) groups is 1. The molecule has 0 spiro atoms. The normalized spacial score (nSPS) is 16.4. The second-order valence-electron chi connectivity index (χ2n) is 6.49. The Balaban J connectivity index is 1.83. The van der Waals surface area contributed by atoms with Crippen molar-refractivity contribution >= 4 is 33.1 Å². The molecule has 0 radical (unpaired) electrons. The minimum absolute atomic E-state index is 0.250. The zero-order chi connectivity index (χ0) is 19.9. The van der Waals surface area contributed by atoms with Crippen molar-refractivity contribution in [2.24, 2.45) is 5.10 Å². The van der Waals surface area contributed by atoms with Crippen LogP contribution in [0.3, 0.4) is 0 Å². The van der Waals surface area contributed by atoms with Gasteiger partial charge in [0.25, 0.3) is 0 Å². The predicted molar refractivity (Wildman–Crippen MR) is 110 cm³/mol. The van der Waals surface area contributed by atoms with Gasteiger partial charge in [0, 0.05) is 14.1 Å². The lowest BCUT2D eigenvalue weighted by molar-refractivity contribution is -0.906. The van der Waals surface area contributed by atoms with Crippen LogP contribution in [0.25, 0.3) is 0 Å². The lowest BCUT2D eigenvalue weighted by Gasteiger charge is -2.23. The van der Waals surface area contributed by atoms with Crippen molar-refractivity contribution in [1.82, 2.24) is 15.0 Å². The molecule has 1 aliphatic rings. The number of hydrogen-bond acceptors (Lipinski definition) is 5. The van der Waals surface area contributed by atoms with E-state index in [4.69, 9.17) is 17.0 Å². The van der Waals surface area contributed by atoms with Crippen LogP contribution in [0.1, 0.15) is 12.5 Å². The van der Waals surface area contributed by atoms with Gasteiger partial charge in [-0.2, -0.15) is 5.10 Å². The number of nitrogens with one attached hydrogen (secondary N) is 3. The molecule has 1 fully saturated rings. The van der Waals surface area contributed by atoms with E-state index >= 15 is 0 Å². The maximum Gasteiger partial charge on any atom is 0.242 e. The summed E-state index contributed by atoms with van der Waals surface area (Å²) in [5.74, 6) is 0. The van der Waals surface area contributed by atoms with Crippen LogP contribution < -0.4 is 15.6 Å². The molecular formula is C17H28N5O3S2+. The number of hydrogen-bond donors (Lipinski definition) is 3. The standard InChI is InChI=1S/C17H27N5O3S2/c1-14(15-4-6-16(7-5-15)27(23,24)21(2)3)19-20-17(26)18-8-9-22-10-12-25-13-11-22/h4-7H,8-13H2,1-3H3,(H2,18,20,26)/p+1/b19-14-. The van der Waals surface area contributed by atoms with Gasteiger partial charge >= 0.3 is 0 Å². The highest BCUT2D eigenvalue weighted by Gasteiger charge is 2.17. The summed E-state index contributed by atoms with van der Waals surface area (Å²) in [5, 5.41) is 7.87. The highest BCUT2D eigenvalue weighted by Crippen LogP contribution is 2.14. The van der Waals surface area contributed by atoms with Gasteiger partial charge in [-0.05, 0) is 36.8 Å². The van der Waals surface area contributed by atoms with E-state index < -0.39 is 10.0 Å². The molecule has 0 saturated carbocycles. The molecule has 3 N–H and O–H groups in total. The molecule has 0 aromatic heterocycles. The fraction of sp³-hybridized carbons (Fsp3) is 0.529. The van der Waals surface area contributed by atoms with E-state index in [1.807, 2.05) is 6.92 Å². The first kappa shape index (κ1) is 21.7. The quantitative estimate of drug-likeness (QED) is 0.303. The van der Waals surface area contributed by atoms with Crippen molar-refractivity contribution in [3.8, 4) is 0 Å². The fourth-order valence-electron chi connectivity index (χ4n) is 2.58. The van der Waals surface area contributed by atoms with Gasteiger partial charge in [-0.3, -0.25) is 5.43 Å². The van der Waals surface area contributed by atoms with Crippen LogP contribution in [0.15, 0.2) is 34.3 Å². The molecule has 1 aliphatic heterocycles. The minimum Gasteiger partial charge on any atom is -0.370 e. The maximum absolute atomic E-state index is 12.1. The van der Waals surface area contributed by atoms with Crippen molar-refractivity contribution in [3.63, 3.8) is 0 Å². The van der Waals surface area contributed by atoms with Gasteiger partial charge in [-0.25, -0.2) is 12.7 Å². The molecule has 1 heterocycles. The maximum atomic E-state index is 12.1. The first-order valence-electron chi connectivity index (χ1n) is 8.83. The molecule has 1 saturated heterocycles. The Morgan fingerprint density at radius 2 is 1.89 bits per heavy atom. The monoisotopic (exact) mass is 414 g/mol. The van der Waals surface area contributed by atoms with Gasteiger partial charge in [0.2, 0.25) is 10.0 Å². The lowest BCUT2D eigenvalue weighted by Crippen LogP contribution is -3.14. The van der Waals surface area contributed by atoms with Gasteiger partial charge in [-0.1, -0.05) is 12.1 Å². The molecular weight excluding hydrogens is 386 g/mol. The number of rotatable bonds is 7. The summed E-state index contributed by atoms with van der Waals surface area (Å²) in [6, 6.07) is 6.61. The van der Waals surface area contributed by atoms with Gasteiger partial charge in [-0.15, -0.1) is 0 Å². The van der Waals surface area contributed by atoms with Crippen LogP contribution in [-0.2, 0) is 14.8 Å². The smallest absolute Gasteiger partial charge is 0.242 e. The molecule has 0 unspecified atom stereocenters. The molecule has 150 valence electrons. The second-order valence-corrected chi connectivity index (χ2v) is 9.05. The number of morpholine rings is 1. The predicted octanol–water partition coefficient (Wildman–Crippen LogP) is -0.960. The topological polar surface area (TPSA) is 87.5 Å². The van der Waals surface area contributed by atoms with Gasteiger partial charge in [0.1, 0.15) is 13.1 Å². The van der Waals surface area contributed by atoms with Gasteiger partial charge < -0.3 is 15.0 Å². The summed E-state index contributed by atoms with van der Waals surface area (Å²) in [6.07, 6.45) is 0. The van der Waals surface area contributed by atoms with E-state index in [9.17, 15) is 8.42 Å². The van der Waals surface area contributed by atoms with Crippen LogP contribution in [0.2, 0.25) is 0 Å². The molecule has 0 aliphatic carbocycles. The minimum atomic E-state index is -3.43. The second kappa shape index (κ2) is 10.1. The average molecular weight is 415 g/mol.